The number of hydrogen-bond donors (Lipinski definition) is 2. The van der Waals surface area contributed by atoms with Crippen LogP contribution in [0.15, 0.2) is 24.3 Å². The third-order valence-corrected chi connectivity index (χ3v) is 3.66. The second-order valence-electron chi connectivity index (χ2n) is 5.48. The second-order valence-corrected chi connectivity index (χ2v) is 5.48. The van der Waals surface area contributed by atoms with Crippen molar-refractivity contribution >= 4 is 11.6 Å². The summed E-state index contributed by atoms with van der Waals surface area (Å²) < 4.78 is 38.3. The third kappa shape index (κ3) is 3.71. The first-order valence-corrected chi connectivity index (χ1v) is 7.79. The summed E-state index contributed by atoms with van der Waals surface area (Å²) in [6.07, 6.45) is 0.535. The first kappa shape index (κ1) is 18.3. The van der Waals surface area contributed by atoms with Crippen molar-refractivity contribution in [2.75, 3.05) is 5.32 Å². The Morgan fingerprint density at radius 1 is 1.00 bits per heavy atom. The van der Waals surface area contributed by atoms with Crippen LogP contribution in [0.25, 0.3) is 11.4 Å². The topological polar surface area (TPSA) is 94.2 Å². The van der Waals surface area contributed by atoms with Crippen molar-refractivity contribution in [3.63, 3.8) is 0 Å². The molecule has 0 amide bonds. The third-order valence-electron chi connectivity index (χ3n) is 3.66. The van der Waals surface area contributed by atoms with Gasteiger partial charge in [0.05, 0.1) is 5.56 Å². The highest BCUT2D eigenvalue weighted by molar-refractivity contribution is 5.73. The fourth-order valence-corrected chi connectivity index (χ4v) is 2.41. The number of benzene rings is 1. The van der Waals surface area contributed by atoms with Crippen molar-refractivity contribution in [3.05, 3.63) is 35.7 Å². The zero-order chi connectivity index (χ0) is 19.4. The number of halogens is 3. The van der Waals surface area contributed by atoms with E-state index in [9.17, 15) is 13.6 Å². The number of aromatic amines is 1. The monoisotopic (exact) mass is 381 g/mol. The number of nitrogens with one attached hydrogen (secondary N) is 2. The Morgan fingerprint density at radius 3 is 2.37 bits per heavy atom. The van der Waals surface area contributed by atoms with E-state index < -0.39 is 17.2 Å². The largest absolute Gasteiger partial charge is 0.323 e. The molecule has 2 aromatic heterocycles. The molecule has 27 heavy (non-hydrogen) atoms. The van der Waals surface area contributed by atoms with Gasteiger partial charge in [0, 0.05) is 37.1 Å². The molecule has 0 radical (unpaired) electrons. The average Bonchev–Trinajstić information content (AvgIpc) is 3.10. The van der Waals surface area contributed by atoms with Crippen molar-refractivity contribution in [2.24, 2.45) is 0 Å². The average molecular weight is 381 g/mol. The Bertz CT molecular complexity index is 951. The normalized spacial score (nSPS) is 10.6. The number of aryl methyl sites for hydroxylation is 2. The van der Waals surface area contributed by atoms with Crippen LogP contribution < -0.4 is 20.1 Å². The molecular weight excluding hydrogens is 367 g/mol. The summed E-state index contributed by atoms with van der Waals surface area (Å²) >= 11 is 0. The van der Waals surface area contributed by atoms with E-state index in [4.69, 9.17) is 0 Å². The summed E-state index contributed by atoms with van der Waals surface area (Å²) in [6, 6.07) is 5.67. The molecule has 0 saturated heterocycles. The SMILES string of the molecule is CCc1cc(Nc2cc(C)[nH]n2)nc(-c2ccc(OF)c(OF)c2OF)n1. The Hall–Kier alpha value is -3.50. The molecule has 8 nitrogen and oxygen atoms in total. The van der Waals surface area contributed by atoms with Gasteiger partial charge in [-0.2, -0.15) is 5.10 Å². The minimum atomic E-state index is -0.916. The van der Waals surface area contributed by atoms with E-state index in [1.54, 1.807) is 12.1 Å². The number of aromatic nitrogens is 4. The molecule has 0 atom stereocenters. The molecule has 0 aliphatic heterocycles. The van der Waals surface area contributed by atoms with Crippen molar-refractivity contribution < 1.29 is 28.4 Å². The van der Waals surface area contributed by atoms with E-state index >= 15 is 0 Å². The van der Waals surface area contributed by atoms with Gasteiger partial charge in [-0.25, -0.2) is 9.97 Å². The van der Waals surface area contributed by atoms with Crippen LogP contribution in [0.2, 0.25) is 0 Å². The highest BCUT2D eigenvalue weighted by Gasteiger charge is 2.24. The highest BCUT2D eigenvalue weighted by Crippen LogP contribution is 2.44. The van der Waals surface area contributed by atoms with E-state index in [2.05, 4.69) is 40.3 Å². The van der Waals surface area contributed by atoms with Gasteiger partial charge in [0.15, 0.2) is 11.6 Å². The van der Waals surface area contributed by atoms with E-state index in [1.165, 1.54) is 6.07 Å². The van der Waals surface area contributed by atoms with Gasteiger partial charge < -0.3 is 5.32 Å². The van der Waals surface area contributed by atoms with Gasteiger partial charge in [-0.15, -0.1) is 0 Å². The first-order chi connectivity index (χ1) is 13.1. The summed E-state index contributed by atoms with van der Waals surface area (Å²) in [7, 11) is 0. The van der Waals surface area contributed by atoms with Crippen molar-refractivity contribution in [2.45, 2.75) is 20.3 Å². The molecule has 0 bridgehead atoms. The maximum absolute atomic E-state index is 13.1. The number of anilines is 2. The number of nitrogens with zero attached hydrogens (tertiary/aromatic N) is 3. The molecule has 0 unspecified atom stereocenters. The number of hydrogen-bond acceptors (Lipinski definition) is 7. The predicted molar refractivity (Wildman–Crippen MR) is 88.7 cm³/mol. The van der Waals surface area contributed by atoms with Crippen LogP contribution in [-0.2, 0) is 6.42 Å². The number of H-pyrrole nitrogens is 1. The fourth-order valence-electron chi connectivity index (χ4n) is 2.41. The Labute approximate surface area is 151 Å². The van der Waals surface area contributed by atoms with E-state index in [-0.39, 0.29) is 11.4 Å². The molecule has 0 aliphatic carbocycles. The lowest BCUT2D eigenvalue weighted by molar-refractivity contribution is -0.0553. The molecule has 0 saturated carbocycles. The van der Waals surface area contributed by atoms with E-state index in [0.29, 0.717) is 23.8 Å². The molecule has 0 spiro atoms. The van der Waals surface area contributed by atoms with Gasteiger partial charge in [0.25, 0.3) is 5.75 Å². The molecule has 2 N–H and O–H groups in total. The smallest absolute Gasteiger partial charge is 0.265 e. The molecule has 0 fully saturated rings. The lowest BCUT2D eigenvalue weighted by Crippen LogP contribution is -2.02. The van der Waals surface area contributed by atoms with E-state index in [1.807, 2.05) is 13.8 Å². The van der Waals surface area contributed by atoms with Gasteiger partial charge in [-0.3, -0.25) is 19.9 Å². The van der Waals surface area contributed by atoms with Crippen LogP contribution in [0.4, 0.5) is 25.2 Å². The Morgan fingerprint density at radius 2 is 1.78 bits per heavy atom. The van der Waals surface area contributed by atoms with Crippen LogP contribution >= 0.6 is 0 Å². The van der Waals surface area contributed by atoms with Crippen LogP contribution in [0, 0.1) is 6.92 Å². The maximum atomic E-state index is 13.1. The van der Waals surface area contributed by atoms with Gasteiger partial charge >= 0.3 is 0 Å². The molecular formula is C16H14F3N5O3. The zero-order valence-corrected chi connectivity index (χ0v) is 14.2. The van der Waals surface area contributed by atoms with Crippen molar-refractivity contribution in [1.29, 1.82) is 0 Å². The first-order valence-electron chi connectivity index (χ1n) is 7.79. The molecule has 3 aromatic rings. The summed E-state index contributed by atoms with van der Waals surface area (Å²) in [5.74, 6) is -1.51. The molecule has 0 aliphatic rings. The quantitative estimate of drug-likeness (QED) is 0.631. The fraction of sp³-hybridized carbons (Fsp3) is 0.188. The van der Waals surface area contributed by atoms with Gasteiger partial charge in [-0.05, 0) is 25.5 Å². The molecule has 142 valence electrons. The van der Waals surface area contributed by atoms with Crippen LogP contribution in [-0.4, -0.2) is 20.2 Å². The standard InChI is InChI=1S/C16H14F3N5O3/c1-3-9-7-12(21-13-6-8(2)23-24-13)22-16(20-9)10-4-5-11(25-17)15(27-19)14(10)26-18/h4-7H,3H2,1-2H3,(H2,20,21,22,23,24). The Kier molecular flexibility index (Phi) is 5.29. The van der Waals surface area contributed by atoms with Crippen molar-refractivity contribution in [1.82, 2.24) is 20.2 Å². The number of rotatable bonds is 7. The van der Waals surface area contributed by atoms with Crippen LogP contribution in [0.1, 0.15) is 18.3 Å². The summed E-state index contributed by atoms with van der Waals surface area (Å²) in [5.41, 5.74) is 1.37. The van der Waals surface area contributed by atoms with Crippen LogP contribution in [0.5, 0.6) is 17.2 Å². The predicted octanol–water partition coefficient (Wildman–Crippen LogP) is 4.27. The second kappa shape index (κ2) is 7.81. The molecule has 3 rings (SSSR count). The van der Waals surface area contributed by atoms with Gasteiger partial charge in [0.1, 0.15) is 5.82 Å². The summed E-state index contributed by atoms with van der Waals surface area (Å²) in [4.78, 5) is 19.1. The van der Waals surface area contributed by atoms with Gasteiger partial charge in [0.2, 0.25) is 11.5 Å². The van der Waals surface area contributed by atoms with Crippen LogP contribution in [0.3, 0.4) is 0 Å². The van der Waals surface area contributed by atoms with Crippen molar-refractivity contribution in [3.8, 4) is 28.6 Å². The minimum Gasteiger partial charge on any atom is -0.323 e. The maximum Gasteiger partial charge on any atom is 0.265 e. The summed E-state index contributed by atoms with van der Waals surface area (Å²) in [6.45, 7) is 3.69. The highest BCUT2D eigenvalue weighted by atomic mass is 19.3. The zero-order valence-electron chi connectivity index (χ0n) is 14.2. The van der Waals surface area contributed by atoms with Gasteiger partial charge in [-0.1, -0.05) is 6.92 Å². The molecule has 11 heteroatoms. The lowest BCUT2D eigenvalue weighted by Gasteiger charge is -2.11. The Balaban J connectivity index is 2.09. The molecule has 2 heterocycles. The van der Waals surface area contributed by atoms with E-state index in [0.717, 1.165) is 11.8 Å². The summed E-state index contributed by atoms with van der Waals surface area (Å²) in [5, 5.41) is 9.80. The minimum absolute atomic E-state index is 0.000431. The molecule has 1 aromatic carbocycles. The lowest BCUT2D eigenvalue weighted by atomic mass is 10.1.